The number of nitrogens with two attached hydrogens (primary N) is 1. The van der Waals surface area contributed by atoms with E-state index in [1.165, 1.54) is 13.2 Å². The van der Waals surface area contributed by atoms with E-state index in [9.17, 15) is 19.2 Å². The summed E-state index contributed by atoms with van der Waals surface area (Å²) in [4.78, 5) is 48.3. The largest absolute Gasteiger partial charge is 0.463 e. The number of ether oxygens (including phenoxy) is 3. The second-order valence-corrected chi connectivity index (χ2v) is 7.88. The number of anilines is 2. The molecule has 2 rings (SSSR count). The third-order valence-electron chi connectivity index (χ3n) is 4.41. The quantitative estimate of drug-likeness (QED) is 0.234. The van der Waals surface area contributed by atoms with Gasteiger partial charge in [0, 0.05) is 18.9 Å². The van der Waals surface area contributed by atoms with Crippen LogP contribution < -0.4 is 16.4 Å². The van der Waals surface area contributed by atoms with E-state index < -0.39 is 23.8 Å². The molecule has 2 amide bonds. The number of thiophene rings is 1. The van der Waals surface area contributed by atoms with Crippen LogP contribution in [0.2, 0.25) is 0 Å². The normalized spacial score (nSPS) is 10.7. The predicted octanol–water partition coefficient (Wildman–Crippen LogP) is 2.59. The van der Waals surface area contributed by atoms with Crippen LogP contribution in [-0.2, 0) is 23.8 Å². The van der Waals surface area contributed by atoms with Gasteiger partial charge >= 0.3 is 11.9 Å². The van der Waals surface area contributed by atoms with Crippen LogP contribution in [0.25, 0.3) is 6.08 Å². The highest BCUT2D eigenvalue weighted by Crippen LogP contribution is 2.33. The minimum absolute atomic E-state index is 0.0242. The van der Waals surface area contributed by atoms with E-state index in [-0.39, 0.29) is 35.2 Å². The lowest BCUT2D eigenvalue weighted by Gasteiger charge is -2.09. The topological polar surface area (TPSA) is 146 Å². The van der Waals surface area contributed by atoms with Crippen molar-refractivity contribution in [2.75, 3.05) is 44.1 Å². The Bertz CT molecular complexity index is 1060. The number of amides is 2. The molecule has 0 unspecified atom stereocenters. The zero-order chi connectivity index (χ0) is 25.1. The van der Waals surface area contributed by atoms with Gasteiger partial charge in [-0.15, -0.1) is 11.3 Å². The van der Waals surface area contributed by atoms with Gasteiger partial charge in [0.15, 0.2) is 0 Å². The van der Waals surface area contributed by atoms with E-state index in [1.807, 2.05) is 0 Å². The number of rotatable bonds is 12. The van der Waals surface area contributed by atoms with Crippen molar-refractivity contribution in [1.29, 1.82) is 0 Å². The van der Waals surface area contributed by atoms with Gasteiger partial charge in [-0.05, 0) is 43.2 Å². The molecule has 11 heteroatoms. The van der Waals surface area contributed by atoms with Crippen LogP contribution in [0.3, 0.4) is 0 Å². The van der Waals surface area contributed by atoms with Gasteiger partial charge in [-0.3, -0.25) is 9.59 Å². The summed E-state index contributed by atoms with van der Waals surface area (Å²) in [6, 6.07) is 7.03. The van der Waals surface area contributed by atoms with Gasteiger partial charge in [0.2, 0.25) is 5.91 Å². The van der Waals surface area contributed by atoms with Gasteiger partial charge in [0.25, 0.3) is 5.91 Å². The van der Waals surface area contributed by atoms with Gasteiger partial charge in [0.05, 0.1) is 30.2 Å². The number of carbonyl (C=O) groups is 4. The second-order valence-electron chi connectivity index (χ2n) is 6.86. The number of nitrogens with one attached hydrogen (secondary N) is 2. The molecule has 10 nitrogen and oxygen atoms in total. The zero-order valence-corrected chi connectivity index (χ0v) is 20.0. The summed E-state index contributed by atoms with van der Waals surface area (Å²) in [6.07, 6.45) is 2.96. The molecule has 0 saturated carbocycles. The van der Waals surface area contributed by atoms with Crippen molar-refractivity contribution in [3.8, 4) is 0 Å². The van der Waals surface area contributed by atoms with Crippen LogP contribution in [0, 0.1) is 6.92 Å². The first-order chi connectivity index (χ1) is 16.3. The van der Waals surface area contributed by atoms with Crippen LogP contribution in [0.4, 0.5) is 10.7 Å². The average Bonchev–Trinajstić information content (AvgIpc) is 3.13. The Hall–Kier alpha value is -3.70. The molecular weight excluding hydrogens is 462 g/mol. The van der Waals surface area contributed by atoms with Crippen molar-refractivity contribution in [3.05, 3.63) is 51.9 Å². The summed E-state index contributed by atoms with van der Waals surface area (Å²) in [5.74, 6) is -2.25. The highest BCUT2D eigenvalue weighted by molar-refractivity contribution is 7.18. The maximum Gasteiger partial charge on any atom is 0.341 e. The van der Waals surface area contributed by atoms with E-state index in [0.717, 1.165) is 16.9 Å². The Kier molecular flexibility index (Phi) is 10.2. The molecule has 0 atom stereocenters. The molecule has 0 aliphatic carbocycles. The number of esters is 2. The van der Waals surface area contributed by atoms with Crippen molar-refractivity contribution in [2.24, 2.45) is 5.73 Å². The fourth-order valence-corrected chi connectivity index (χ4v) is 3.86. The van der Waals surface area contributed by atoms with Gasteiger partial charge < -0.3 is 30.6 Å². The molecule has 0 fully saturated rings. The maximum absolute atomic E-state index is 12.5. The van der Waals surface area contributed by atoms with Gasteiger partial charge in [0.1, 0.15) is 11.6 Å². The van der Waals surface area contributed by atoms with Crippen molar-refractivity contribution in [2.45, 2.75) is 13.8 Å². The molecule has 0 bridgehead atoms. The Labute approximate surface area is 201 Å². The van der Waals surface area contributed by atoms with Crippen molar-refractivity contribution >= 4 is 51.9 Å². The minimum Gasteiger partial charge on any atom is -0.463 e. The molecule has 182 valence electrons. The highest BCUT2D eigenvalue weighted by atomic mass is 32.1. The van der Waals surface area contributed by atoms with Crippen molar-refractivity contribution in [3.63, 3.8) is 0 Å². The Morgan fingerprint density at radius 3 is 2.41 bits per heavy atom. The molecule has 0 saturated heterocycles. The Morgan fingerprint density at radius 1 is 1.09 bits per heavy atom. The minimum atomic E-state index is -0.704. The van der Waals surface area contributed by atoms with Crippen molar-refractivity contribution in [1.82, 2.24) is 0 Å². The molecule has 0 aliphatic rings. The number of primary amides is 1. The van der Waals surface area contributed by atoms with Crippen LogP contribution in [0.5, 0.6) is 0 Å². The maximum atomic E-state index is 12.5. The molecule has 0 radical (unpaired) electrons. The lowest BCUT2D eigenvalue weighted by atomic mass is 10.1. The molecule has 0 aliphatic heterocycles. The fraction of sp³-hybridized carbons (Fsp3) is 0.304. The SMILES string of the molecule is CCOC(=O)/C=C/c1ccc(NCC(=O)Nc2sc(C(N)=O)c(C)c2C(=O)OCCOC)cc1. The summed E-state index contributed by atoms with van der Waals surface area (Å²) in [7, 11) is 1.47. The molecule has 1 heterocycles. The third kappa shape index (κ3) is 7.71. The van der Waals surface area contributed by atoms with E-state index in [0.29, 0.717) is 17.9 Å². The lowest BCUT2D eigenvalue weighted by molar-refractivity contribution is -0.137. The molecular formula is C23H27N3O7S. The van der Waals surface area contributed by atoms with E-state index in [2.05, 4.69) is 10.6 Å². The van der Waals surface area contributed by atoms with Crippen molar-refractivity contribution < 1.29 is 33.4 Å². The smallest absolute Gasteiger partial charge is 0.341 e. The van der Waals surface area contributed by atoms with Crippen LogP contribution in [0.15, 0.2) is 30.3 Å². The summed E-state index contributed by atoms with van der Waals surface area (Å²) < 4.78 is 14.8. The number of hydrogen-bond acceptors (Lipinski definition) is 9. The first-order valence-corrected chi connectivity index (χ1v) is 11.2. The molecule has 1 aromatic carbocycles. The monoisotopic (exact) mass is 489 g/mol. The Morgan fingerprint density at radius 2 is 1.79 bits per heavy atom. The number of hydrogen-bond donors (Lipinski definition) is 3. The third-order valence-corrected chi connectivity index (χ3v) is 5.63. The standard InChI is InChI=1S/C23H27N3O7S/c1-4-32-18(28)10-7-15-5-8-16(9-6-15)25-13-17(27)26-22-19(23(30)33-12-11-31-3)14(2)20(34-22)21(24)29/h5-10,25H,4,11-13H2,1-3H3,(H2,24,29)(H,26,27)/b10-7+. The molecule has 34 heavy (non-hydrogen) atoms. The van der Waals surface area contributed by atoms with Crippen LogP contribution in [0.1, 0.15) is 38.1 Å². The number of methoxy groups -OCH3 is 1. The summed E-state index contributed by atoms with van der Waals surface area (Å²) in [6.45, 7) is 3.74. The molecule has 1 aromatic heterocycles. The summed E-state index contributed by atoms with van der Waals surface area (Å²) in [5, 5.41) is 5.78. The average molecular weight is 490 g/mol. The summed E-state index contributed by atoms with van der Waals surface area (Å²) in [5.41, 5.74) is 7.27. The second kappa shape index (κ2) is 13.1. The van der Waals surface area contributed by atoms with Crippen LogP contribution >= 0.6 is 11.3 Å². The highest BCUT2D eigenvalue weighted by Gasteiger charge is 2.25. The van der Waals surface area contributed by atoms with E-state index in [4.69, 9.17) is 19.9 Å². The van der Waals surface area contributed by atoms with E-state index >= 15 is 0 Å². The van der Waals surface area contributed by atoms with E-state index in [1.54, 1.807) is 44.2 Å². The van der Waals surface area contributed by atoms with Gasteiger partial charge in [-0.25, -0.2) is 9.59 Å². The molecule has 2 aromatic rings. The Balaban J connectivity index is 2.02. The first-order valence-electron chi connectivity index (χ1n) is 10.3. The van der Waals surface area contributed by atoms with Crippen LogP contribution in [-0.4, -0.2) is 57.2 Å². The lowest BCUT2D eigenvalue weighted by Crippen LogP contribution is -2.22. The number of carbonyl (C=O) groups excluding carboxylic acids is 4. The molecule has 4 N–H and O–H groups in total. The van der Waals surface area contributed by atoms with Gasteiger partial charge in [-0.2, -0.15) is 0 Å². The number of benzene rings is 1. The molecule has 0 spiro atoms. The first kappa shape index (κ1) is 26.6. The predicted molar refractivity (Wildman–Crippen MR) is 129 cm³/mol. The summed E-state index contributed by atoms with van der Waals surface area (Å²) >= 11 is 0.913. The van der Waals surface area contributed by atoms with Gasteiger partial charge in [-0.1, -0.05) is 12.1 Å². The fourth-order valence-electron chi connectivity index (χ4n) is 2.79. The zero-order valence-electron chi connectivity index (χ0n) is 19.1.